The minimum absolute atomic E-state index is 0.158. The molecule has 0 aromatic heterocycles. The van der Waals surface area contributed by atoms with Gasteiger partial charge in [0.1, 0.15) is 10.8 Å². The molecule has 0 saturated heterocycles. The predicted octanol–water partition coefficient (Wildman–Crippen LogP) is 4.89. The highest BCUT2D eigenvalue weighted by Crippen LogP contribution is 2.36. The van der Waals surface area contributed by atoms with Gasteiger partial charge in [-0.05, 0) is 24.3 Å². The number of carbonyl (C=O) groups is 1. The second kappa shape index (κ2) is 5.83. The van der Waals surface area contributed by atoms with Crippen LogP contribution in [0.3, 0.4) is 0 Å². The molecule has 0 aliphatic carbocycles. The van der Waals surface area contributed by atoms with Gasteiger partial charge in [-0.15, -0.1) is 0 Å². The predicted molar refractivity (Wildman–Crippen MR) is 77.9 cm³/mol. The molecule has 98 valence electrons. The molecule has 0 aliphatic heterocycles. The van der Waals surface area contributed by atoms with Gasteiger partial charge < -0.3 is 4.74 Å². The van der Waals surface area contributed by atoms with Gasteiger partial charge in [-0.25, -0.2) is 0 Å². The zero-order chi connectivity index (χ0) is 14.0. The second-order valence-corrected chi connectivity index (χ2v) is 4.92. The van der Waals surface area contributed by atoms with Crippen molar-refractivity contribution in [2.75, 3.05) is 7.11 Å². The van der Waals surface area contributed by atoms with Crippen molar-refractivity contribution in [3.63, 3.8) is 0 Å². The monoisotopic (exact) mass is 314 g/mol. The Labute approximate surface area is 125 Å². The highest BCUT2D eigenvalue weighted by Gasteiger charge is 2.19. The van der Waals surface area contributed by atoms with Crippen molar-refractivity contribution in [1.82, 2.24) is 0 Å². The zero-order valence-corrected chi connectivity index (χ0v) is 12.2. The van der Waals surface area contributed by atoms with Crippen LogP contribution in [-0.2, 0) is 0 Å². The highest BCUT2D eigenvalue weighted by molar-refractivity contribution is 6.45. The average molecular weight is 316 g/mol. The van der Waals surface area contributed by atoms with Crippen LogP contribution in [0.1, 0.15) is 15.9 Å². The average Bonchev–Trinajstić information content (AvgIpc) is 2.41. The Kier molecular flexibility index (Phi) is 4.35. The largest absolute Gasteiger partial charge is 0.495 e. The van der Waals surface area contributed by atoms with E-state index < -0.39 is 0 Å². The van der Waals surface area contributed by atoms with E-state index in [1.807, 2.05) is 0 Å². The molecule has 2 aromatic carbocycles. The molecule has 0 N–H and O–H groups in total. The number of hydrogen-bond acceptors (Lipinski definition) is 2. The van der Waals surface area contributed by atoms with Gasteiger partial charge in [-0.2, -0.15) is 0 Å². The van der Waals surface area contributed by atoms with Gasteiger partial charge in [-0.1, -0.05) is 46.9 Å². The third-order valence-electron chi connectivity index (χ3n) is 2.63. The van der Waals surface area contributed by atoms with Crippen molar-refractivity contribution < 1.29 is 9.53 Å². The molecule has 0 fully saturated rings. The summed E-state index contributed by atoms with van der Waals surface area (Å²) in [5.74, 6) is 0.141. The van der Waals surface area contributed by atoms with Crippen LogP contribution in [0, 0.1) is 0 Å². The standard InChI is InChI=1S/C14H9Cl3O2/c1-19-11-7-6-9(12(16)13(11)17)14(18)8-4-2-3-5-10(8)15/h2-7H,1H3. The summed E-state index contributed by atoms with van der Waals surface area (Å²) in [7, 11) is 1.48. The third-order valence-corrected chi connectivity index (χ3v) is 3.82. The minimum Gasteiger partial charge on any atom is -0.495 e. The molecule has 2 aromatic rings. The molecule has 0 atom stereocenters. The number of carbonyl (C=O) groups excluding carboxylic acids is 1. The van der Waals surface area contributed by atoms with Crippen molar-refractivity contribution in [3.8, 4) is 5.75 Å². The minimum atomic E-state index is -0.278. The number of methoxy groups -OCH3 is 1. The molecule has 0 radical (unpaired) electrons. The lowest BCUT2D eigenvalue weighted by Gasteiger charge is -2.09. The van der Waals surface area contributed by atoms with Gasteiger partial charge >= 0.3 is 0 Å². The second-order valence-electron chi connectivity index (χ2n) is 3.75. The van der Waals surface area contributed by atoms with Gasteiger partial charge in [0.05, 0.1) is 17.2 Å². The summed E-state index contributed by atoms with van der Waals surface area (Å²) >= 11 is 18.1. The van der Waals surface area contributed by atoms with Crippen LogP contribution >= 0.6 is 34.8 Å². The summed E-state index contributed by atoms with van der Waals surface area (Å²) < 4.78 is 5.04. The smallest absolute Gasteiger partial charge is 0.196 e. The molecule has 19 heavy (non-hydrogen) atoms. The van der Waals surface area contributed by atoms with Crippen LogP contribution < -0.4 is 4.74 Å². The topological polar surface area (TPSA) is 26.3 Å². The molecule has 2 nitrogen and oxygen atoms in total. The van der Waals surface area contributed by atoms with Crippen LogP contribution in [0.4, 0.5) is 0 Å². The van der Waals surface area contributed by atoms with Crippen LogP contribution in [0.2, 0.25) is 15.1 Å². The van der Waals surface area contributed by atoms with E-state index in [0.29, 0.717) is 21.9 Å². The maximum absolute atomic E-state index is 12.4. The Morgan fingerprint density at radius 3 is 2.26 bits per heavy atom. The Balaban J connectivity index is 2.52. The SMILES string of the molecule is COc1ccc(C(=O)c2ccccc2Cl)c(Cl)c1Cl. The van der Waals surface area contributed by atoms with E-state index in [1.165, 1.54) is 7.11 Å². The van der Waals surface area contributed by atoms with Crippen LogP contribution in [0.15, 0.2) is 36.4 Å². The lowest BCUT2D eigenvalue weighted by Crippen LogP contribution is -2.03. The Morgan fingerprint density at radius 2 is 1.63 bits per heavy atom. The molecule has 0 bridgehead atoms. The highest BCUT2D eigenvalue weighted by atomic mass is 35.5. The van der Waals surface area contributed by atoms with Crippen molar-refractivity contribution >= 4 is 40.6 Å². The molecule has 0 amide bonds. The normalized spacial score (nSPS) is 10.3. The van der Waals surface area contributed by atoms with Crippen molar-refractivity contribution in [2.24, 2.45) is 0 Å². The lowest BCUT2D eigenvalue weighted by molar-refractivity contribution is 0.103. The first-order chi connectivity index (χ1) is 9.06. The lowest BCUT2D eigenvalue weighted by atomic mass is 10.0. The number of rotatable bonds is 3. The molecule has 0 spiro atoms. The number of ketones is 1. The van der Waals surface area contributed by atoms with E-state index in [-0.39, 0.29) is 15.8 Å². The van der Waals surface area contributed by atoms with Crippen molar-refractivity contribution in [2.45, 2.75) is 0 Å². The zero-order valence-electron chi connectivity index (χ0n) is 9.91. The Hall–Kier alpha value is -1.22. The molecule has 0 aliphatic rings. The van der Waals surface area contributed by atoms with Crippen molar-refractivity contribution in [1.29, 1.82) is 0 Å². The Morgan fingerprint density at radius 1 is 0.947 bits per heavy atom. The molecule has 0 saturated carbocycles. The first-order valence-corrected chi connectivity index (χ1v) is 6.51. The maximum atomic E-state index is 12.4. The van der Waals surface area contributed by atoms with E-state index in [9.17, 15) is 4.79 Å². The first-order valence-electron chi connectivity index (χ1n) is 5.37. The molecule has 0 unspecified atom stereocenters. The van der Waals surface area contributed by atoms with Gasteiger partial charge in [0.15, 0.2) is 5.78 Å². The number of ether oxygens (including phenoxy) is 1. The third kappa shape index (κ3) is 2.71. The number of benzene rings is 2. The van der Waals surface area contributed by atoms with Gasteiger partial charge in [0.2, 0.25) is 0 Å². The quantitative estimate of drug-likeness (QED) is 0.754. The molecule has 5 heteroatoms. The molecular formula is C14H9Cl3O2. The Bertz CT molecular complexity index is 639. The molecule has 2 rings (SSSR count). The fourth-order valence-corrected chi connectivity index (χ4v) is 2.36. The maximum Gasteiger partial charge on any atom is 0.196 e. The van der Waals surface area contributed by atoms with E-state index in [4.69, 9.17) is 39.5 Å². The van der Waals surface area contributed by atoms with E-state index in [0.717, 1.165) is 0 Å². The van der Waals surface area contributed by atoms with Crippen molar-refractivity contribution in [3.05, 3.63) is 62.6 Å². The van der Waals surface area contributed by atoms with Gasteiger partial charge in [-0.3, -0.25) is 4.79 Å². The first kappa shape index (κ1) is 14.2. The summed E-state index contributed by atoms with van der Waals surface area (Å²) in [5, 5.41) is 0.739. The van der Waals surface area contributed by atoms with Gasteiger partial charge in [0, 0.05) is 11.1 Å². The van der Waals surface area contributed by atoms with E-state index >= 15 is 0 Å². The van der Waals surface area contributed by atoms with E-state index in [2.05, 4.69) is 0 Å². The summed E-state index contributed by atoms with van der Waals surface area (Å²) in [5.41, 5.74) is 0.674. The summed E-state index contributed by atoms with van der Waals surface area (Å²) in [4.78, 5) is 12.4. The van der Waals surface area contributed by atoms with Crippen LogP contribution in [-0.4, -0.2) is 12.9 Å². The van der Waals surface area contributed by atoms with Crippen LogP contribution in [0.5, 0.6) is 5.75 Å². The molecular weight excluding hydrogens is 307 g/mol. The number of halogens is 3. The number of hydrogen-bond donors (Lipinski definition) is 0. The fourth-order valence-electron chi connectivity index (χ4n) is 1.66. The summed E-state index contributed by atoms with van der Waals surface area (Å²) in [6, 6.07) is 9.93. The van der Waals surface area contributed by atoms with Gasteiger partial charge in [0.25, 0.3) is 0 Å². The molecule has 0 heterocycles. The fraction of sp³-hybridized carbons (Fsp3) is 0.0714. The summed E-state index contributed by atoms with van der Waals surface area (Å²) in [6.07, 6.45) is 0. The van der Waals surface area contributed by atoms with E-state index in [1.54, 1.807) is 36.4 Å². The summed E-state index contributed by atoms with van der Waals surface area (Å²) in [6.45, 7) is 0. The van der Waals surface area contributed by atoms with Crippen LogP contribution in [0.25, 0.3) is 0 Å².